The lowest BCUT2D eigenvalue weighted by Crippen LogP contribution is -2.36. The minimum absolute atomic E-state index is 0.235. The zero-order valence-corrected chi connectivity index (χ0v) is 9.52. The van der Waals surface area contributed by atoms with Gasteiger partial charge in [-0.2, -0.15) is 0 Å². The van der Waals surface area contributed by atoms with E-state index in [1.54, 1.807) is 0 Å². The van der Waals surface area contributed by atoms with Crippen molar-refractivity contribution in [2.45, 2.75) is 45.6 Å². The van der Waals surface area contributed by atoms with Crippen LogP contribution < -0.4 is 5.32 Å². The molecule has 0 amide bonds. The summed E-state index contributed by atoms with van der Waals surface area (Å²) in [4.78, 5) is 0. The Balaban J connectivity index is 2.51. The average Bonchev–Trinajstić information content (AvgIpc) is 2.05. The van der Waals surface area contributed by atoms with Crippen LogP contribution >= 0.6 is 0 Å². The van der Waals surface area contributed by atoms with Crippen LogP contribution in [0.1, 0.15) is 44.2 Å². The molecule has 0 fully saturated rings. The summed E-state index contributed by atoms with van der Waals surface area (Å²) in [6.07, 6.45) is 1.21. The molecule has 1 N–H and O–H groups in total. The molecule has 2 rings (SSSR count). The topological polar surface area (TPSA) is 12.0 Å². The van der Waals surface area contributed by atoms with Crippen molar-refractivity contribution in [1.29, 1.82) is 0 Å². The fourth-order valence-electron chi connectivity index (χ4n) is 2.54. The van der Waals surface area contributed by atoms with E-state index < -0.39 is 0 Å². The maximum atomic E-state index is 3.63. The number of hydrogen-bond donors (Lipinski definition) is 1. The average molecular weight is 189 g/mol. The molecule has 1 aliphatic rings. The Labute approximate surface area is 86.5 Å². The fourth-order valence-corrected chi connectivity index (χ4v) is 2.54. The van der Waals surface area contributed by atoms with Gasteiger partial charge in [-0.15, -0.1) is 0 Å². The Morgan fingerprint density at radius 3 is 2.79 bits per heavy atom. The van der Waals surface area contributed by atoms with Crippen LogP contribution in [-0.4, -0.2) is 5.54 Å². The Hall–Kier alpha value is -0.980. The van der Waals surface area contributed by atoms with Crippen molar-refractivity contribution >= 4 is 5.69 Å². The molecule has 0 radical (unpaired) electrons. The molecule has 0 saturated carbocycles. The summed E-state index contributed by atoms with van der Waals surface area (Å²) in [7, 11) is 0. The summed E-state index contributed by atoms with van der Waals surface area (Å²) in [5, 5.41) is 3.63. The van der Waals surface area contributed by atoms with Crippen LogP contribution in [0.25, 0.3) is 0 Å². The lowest BCUT2D eigenvalue weighted by atomic mass is 9.81. The van der Waals surface area contributed by atoms with Gasteiger partial charge in [0.05, 0.1) is 0 Å². The molecule has 1 aromatic carbocycles. The van der Waals surface area contributed by atoms with Crippen molar-refractivity contribution < 1.29 is 0 Å². The smallest absolute Gasteiger partial charge is 0.0409 e. The van der Waals surface area contributed by atoms with E-state index in [0.29, 0.717) is 5.92 Å². The molecule has 1 atom stereocenters. The highest BCUT2D eigenvalue weighted by Crippen LogP contribution is 2.39. The first-order valence-electron chi connectivity index (χ1n) is 5.37. The summed E-state index contributed by atoms with van der Waals surface area (Å²) in [6, 6.07) is 6.58. The van der Waals surface area contributed by atoms with Crippen molar-refractivity contribution in [3.05, 3.63) is 29.3 Å². The molecule has 1 aliphatic heterocycles. The summed E-state index contributed by atoms with van der Waals surface area (Å²) in [6.45, 7) is 9.05. The van der Waals surface area contributed by atoms with Crippen molar-refractivity contribution in [1.82, 2.24) is 0 Å². The van der Waals surface area contributed by atoms with E-state index in [-0.39, 0.29) is 5.54 Å². The van der Waals surface area contributed by atoms with Crippen LogP contribution in [0, 0.1) is 6.92 Å². The molecule has 0 spiro atoms. The Morgan fingerprint density at radius 2 is 2.07 bits per heavy atom. The molecule has 1 aromatic rings. The lowest BCUT2D eigenvalue weighted by Gasteiger charge is -2.38. The third-order valence-electron chi connectivity index (χ3n) is 3.12. The third kappa shape index (κ3) is 1.52. The highest BCUT2D eigenvalue weighted by atomic mass is 15.0. The molecule has 0 aliphatic carbocycles. The van der Waals surface area contributed by atoms with E-state index in [0.717, 1.165) is 0 Å². The van der Waals surface area contributed by atoms with Gasteiger partial charge < -0.3 is 5.32 Å². The standard InChI is InChI=1S/C13H19N/c1-9-6-5-7-11-10(2)8-13(3,4)14-12(9)11/h5-7,10,14H,8H2,1-4H3. The molecule has 1 unspecified atom stereocenters. The molecule has 1 heterocycles. The summed E-state index contributed by atoms with van der Waals surface area (Å²) >= 11 is 0. The van der Waals surface area contributed by atoms with Gasteiger partial charge in [-0.1, -0.05) is 25.1 Å². The predicted octanol–water partition coefficient (Wildman–Crippen LogP) is 3.69. The molecule has 0 aromatic heterocycles. The number of rotatable bonds is 0. The first kappa shape index (κ1) is 9.57. The maximum absolute atomic E-state index is 3.63. The summed E-state index contributed by atoms with van der Waals surface area (Å²) < 4.78 is 0. The zero-order chi connectivity index (χ0) is 10.3. The van der Waals surface area contributed by atoms with E-state index in [1.165, 1.54) is 23.2 Å². The van der Waals surface area contributed by atoms with E-state index in [4.69, 9.17) is 0 Å². The number of benzene rings is 1. The number of fused-ring (bicyclic) bond motifs is 1. The van der Waals surface area contributed by atoms with E-state index in [1.807, 2.05) is 0 Å². The Morgan fingerprint density at radius 1 is 1.36 bits per heavy atom. The Kier molecular flexibility index (Phi) is 2.06. The SMILES string of the molecule is Cc1cccc2c1NC(C)(C)CC2C. The molecule has 76 valence electrons. The van der Waals surface area contributed by atoms with Crippen LogP contribution in [0.3, 0.4) is 0 Å². The van der Waals surface area contributed by atoms with Crippen LogP contribution in [0.2, 0.25) is 0 Å². The van der Waals surface area contributed by atoms with Gasteiger partial charge in [0.1, 0.15) is 0 Å². The van der Waals surface area contributed by atoms with E-state index in [2.05, 4.69) is 51.2 Å². The normalized spacial score (nSPS) is 23.9. The van der Waals surface area contributed by atoms with Crippen molar-refractivity contribution in [2.75, 3.05) is 5.32 Å². The van der Waals surface area contributed by atoms with Gasteiger partial charge in [-0.3, -0.25) is 0 Å². The quantitative estimate of drug-likeness (QED) is 0.656. The second-order valence-electron chi connectivity index (χ2n) is 5.15. The first-order chi connectivity index (χ1) is 6.49. The highest BCUT2D eigenvalue weighted by Gasteiger charge is 2.29. The van der Waals surface area contributed by atoms with Crippen LogP contribution in [0.4, 0.5) is 5.69 Å². The number of para-hydroxylation sites is 1. The molecular weight excluding hydrogens is 170 g/mol. The van der Waals surface area contributed by atoms with Gasteiger partial charge in [-0.05, 0) is 44.2 Å². The van der Waals surface area contributed by atoms with Crippen LogP contribution in [-0.2, 0) is 0 Å². The second kappa shape index (κ2) is 3.01. The van der Waals surface area contributed by atoms with Gasteiger partial charge >= 0.3 is 0 Å². The number of nitrogens with one attached hydrogen (secondary N) is 1. The highest BCUT2D eigenvalue weighted by molar-refractivity contribution is 5.61. The summed E-state index contributed by atoms with van der Waals surface area (Å²) in [5.74, 6) is 0.668. The Bertz CT molecular complexity index is 352. The lowest BCUT2D eigenvalue weighted by molar-refractivity contribution is 0.453. The van der Waals surface area contributed by atoms with Crippen molar-refractivity contribution in [2.24, 2.45) is 0 Å². The fraction of sp³-hybridized carbons (Fsp3) is 0.538. The van der Waals surface area contributed by atoms with Crippen molar-refractivity contribution in [3.63, 3.8) is 0 Å². The maximum Gasteiger partial charge on any atom is 0.0409 e. The van der Waals surface area contributed by atoms with Crippen LogP contribution in [0.15, 0.2) is 18.2 Å². The molecule has 1 nitrogen and oxygen atoms in total. The van der Waals surface area contributed by atoms with E-state index in [9.17, 15) is 0 Å². The number of aryl methyl sites for hydroxylation is 1. The van der Waals surface area contributed by atoms with Crippen molar-refractivity contribution in [3.8, 4) is 0 Å². The largest absolute Gasteiger partial charge is 0.380 e. The van der Waals surface area contributed by atoms with Gasteiger partial charge in [0.15, 0.2) is 0 Å². The molecule has 0 bridgehead atoms. The van der Waals surface area contributed by atoms with Gasteiger partial charge in [0, 0.05) is 11.2 Å². The predicted molar refractivity (Wildman–Crippen MR) is 61.9 cm³/mol. The number of anilines is 1. The minimum atomic E-state index is 0.235. The van der Waals surface area contributed by atoms with Gasteiger partial charge in [-0.25, -0.2) is 0 Å². The third-order valence-corrected chi connectivity index (χ3v) is 3.12. The first-order valence-corrected chi connectivity index (χ1v) is 5.37. The monoisotopic (exact) mass is 189 g/mol. The van der Waals surface area contributed by atoms with Gasteiger partial charge in [0.25, 0.3) is 0 Å². The molecular formula is C13H19N. The zero-order valence-electron chi connectivity index (χ0n) is 9.52. The number of hydrogen-bond acceptors (Lipinski definition) is 1. The van der Waals surface area contributed by atoms with E-state index >= 15 is 0 Å². The van der Waals surface area contributed by atoms with Gasteiger partial charge in [0.2, 0.25) is 0 Å². The summed E-state index contributed by atoms with van der Waals surface area (Å²) in [5.41, 5.74) is 4.43. The minimum Gasteiger partial charge on any atom is -0.380 e. The second-order valence-corrected chi connectivity index (χ2v) is 5.15. The molecule has 0 saturated heterocycles. The molecule has 1 heteroatoms. The van der Waals surface area contributed by atoms with Crippen LogP contribution in [0.5, 0.6) is 0 Å². The molecule has 14 heavy (non-hydrogen) atoms.